The van der Waals surface area contributed by atoms with Crippen LogP contribution in [0.15, 0.2) is 24.3 Å². The summed E-state index contributed by atoms with van der Waals surface area (Å²) < 4.78 is 43.6. The number of alkyl halides is 3. The predicted molar refractivity (Wildman–Crippen MR) is 76.0 cm³/mol. The maximum Gasteiger partial charge on any atom is 0.416 e. The Hall–Kier alpha value is -1.07. The zero-order valence-electron chi connectivity index (χ0n) is 12.4. The van der Waals surface area contributed by atoms with Crippen molar-refractivity contribution >= 4 is 0 Å². The van der Waals surface area contributed by atoms with E-state index in [0.29, 0.717) is 5.92 Å². The summed E-state index contributed by atoms with van der Waals surface area (Å²) >= 11 is 0. The molecule has 1 heterocycles. The molecule has 0 aliphatic carbocycles. The first-order valence-electron chi connectivity index (χ1n) is 7.45. The molecule has 1 aliphatic heterocycles. The summed E-state index contributed by atoms with van der Waals surface area (Å²) in [5, 5.41) is 3.46. The second-order valence-electron chi connectivity index (χ2n) is 5.58. The summed E-state index contributed by atoms with van der Waals surface area (Å²) in [5.74, 6) is 0.299. The highest BCUT2D eigenvalue weighted by Gasteiger charge is 2.34. The highest BCUT2D eigenvalue weighted by Crippen LogP contribution is 2.35. The van der Waals surface area contributed by atoms with Crippen LogP contribution in [0.25, 0.3) is 0 Å². The number of halogens is 3. The molecular formula is C16H22F3NO. The van der Waals surface area contributed by atoms with E-state index in [1.807, 2.05) is 6.92 Å². The molecular weight excluding hydrogens is 279 g/mol. The lowest BCUT2D eigenvalue weighted by Gasteiger charge is -2.27. The minimum Gasteiger partial charge on any atom is -0.378 e. The lowest BCUT2D eigenvalue weighted by atomic mass is 9.88. The number of hydrogen-bond donors (Lipinski definition) is 1. The van der Waals surface area contributed by atoms with Crippen LogP contribution in [-0.2, 0) is 10.9 Å². The Kier molecular flexibility index (Phi) is 5.27. The number of hydrogen-bond acceptors (Lipinski definition) is 2. The van der Waals surface area contributed by atoms with Gasteiger partial charge in [-0.05, 0) is 44.0 Å². The van der Waals surface area contributed by atoms with Gasteiger partial charge in [-0.3, -0.25) is 0 Å². The van der Waals surface area contributed by atoms with Gasteiger partial charge >= 0.3 is 6.18 Å². The van der Waals surface area contributed by atoms with Crippen LogP contribution in [0.4, 0.5) is 13.2 Å². The van der Waals surface area contributed by atoms with Crippen LogP contribution in [0.3, 0.4) is 0 Å². The number of rotatable bonds is 5. The van der Waals surface area contributed by atoms with Crippen molar-refractivity contribution in [3.8, 4) is 0 Å². The molecule has 5 heteroatoms. The number of ether oxygens (including phenoxy) is 1. The third-order valence-corrected chi connectivity index (χ3v) is 4.07. The van der Waals surface area contributed by atoms with Gasteiger partial charge in [-0.1, -0.05) is 19.1 Å². The molecule has 2 nitrogen and oxygen atoms in total. The van der Waals surface area contributed by atoms with Crippen molar-refractivity contribution in [2.24, 2.45) is 5.92 Å². The summed E-state index contributed by atoms with van der Waals surface area (Å²) in [7, 11) is 0. The topological polar surface area (TPSA) is 21.3 Å². The average molecular weight is 301 g/mol. The van der Waals surface area contributed by atoms with E-state index in [4.69, 9.17) is 4.74 Å². The van der Waals surface area contributed by atoms with Gasteiger partial charge in [0.05, 0.1) is 11.7 Å². The molecule has 0 aromatic heterocycles. The molecule has 0 radical (unpaired) electrons. The van der Waals surface area contributed by atoms with E-state index in [-0.39, 0.29) is 12.1 Å². The molecule has 0 saturated carbocycles. The second-order valence-corrected chi connectivity index (χ2v) is 5.58. The molecule has 1 N–H and O–H groups in total. The van der Waals surface area contributed by atoms with Gasteiger partial charge in [0.1, 0.15) is 0 Å². The van der Waals surface area contributed by atoms with Crippen LogP contribution in [0, 0.1) is 5.92 Å². The zero-order chi connectivity index (χ0) is 15.5. The summed E-state index contributed by atoms with van der Waals surface area (Å²) in [6.45, 7) is 5.67. The van der Waals surface area contributed by atoms with Crippen molar-refractivity contribution in [3.05, 3.63) is 35.4 Å². The van der Waals surface area contributed by atoms with Crippen LogP contribution >= 0.6 is 0 Å². The molecule has 2 rings (SSSR count). The van der Waals surface area contributed by atoms with Crippen LogP contribution in [0.2, 0.25) is 0 Å². The molecule has 1 aromatic rings. The van der Waals surface area contributed by atoms with Crippen molar-refractivity contribution in [1.82, 2.24) is 5.32 Å². The SMILES string of the molecule is CCCNC(c1ccc(C(F)(F)F)cc1)C1CCOC1C. The fraction of sp³-hybridized carbons (Fsp3) is 0.625. The van der Waals surface area contributed by atoms with E-state index >= 15 is 0 Å². The minimum absolute atomic E-state index is 0.0460. The molecule has 3 unspecified atom stereocenters. The third-order valence-electron chi connectivity index (χ3n) is 4.07. The highest BCUT2D eigenvalue weighted by molar-refractivity contribution is 5.27. The van der Waals surface area contributed by atoms with Gasteiger partial charge in [-0.25, -0.2) is 0 Å². The Morgan fingerprint density at radius 1 is 1.29 bits per heavy atom. The summed E-state index contributed by atoms with van der Waals surface area (Å²) in [6.07, 6.45) is -2.24. The maximum atomic E-state index is 12.7. The molecule has 3 atom stereocenters. The van der Waals surface area contributed by atoms with Crippen molar-refractivity contribution in [1.29, 1.82) is 0 Å². The van der Waals surface area contributed by atoms with Crippen LogP contribution < -0.4 is 5.32 Å². The van der Waals surface area contributed by atoms with E-state index in [9.17, 15) is 13.2 Å². The molecule has 21 heavy (non-hydrogen) atoms. The van der Waals surface area contributed by atoms with Crippen molar-refractivity contribution < 1.29 is 17.9 Å². The maximum absolute atomic E-state index is 12.7. The van der Waals surface area contributed by atoms with Gasteiger partial charge in [0, 0.05) is 18.6 Å². The molecule has 1 saturated heterocycles. The fourth-order valence-electron chi connectivity index (χ4n) is 2.88. The van der Waals surface area contributed by atoms with Gasteiger partial charge in [-0.15, -0.1) is 0 Å². The molecule has 1 aliphatic rings. The Labute approximate surface area is 123 Å². The molecule has 0 bridgehead atoms. The molecule has 118 valence electrons. The van der Waals surface area contributed by atoms with Gasteiger partial charge in [0.2, 0.25) is 0 Å². The van der Waals surface area contributed by atoms with E-state index in [1.165, 1.54) is 0 Å². The highest BCUT2D eigenvalue weighted by atomic mass is 19.4. The second kappa shape index (κ2) is 6.79. The lowest BCUT2D eigenvalue weighted by Crippen LogP contribution is -2.32. The van der Waals surface area contributed by atoms with Crippen molar-refractivity contribution in [3.63, 3.8) is 0 Å². The molecule has 1 fully saturated rings. The summed E-state index contributed by atoms with van der Waals surface area (Å²) in [6, 6.07) is 5.54. The van der Waals surface area contributed by atoms with Crippen LogP contribution in [-0.4, -0.2) is 19.3 Å². The standard InChI is InChI=1S/C16H22F3NO/c1-3-9-20-15(14-8-10-21-11(14)2)12-4-6-13(7-5-12)16(17,18)19/h4-7,11,14-15,20H,3,8-10H2,1-2H3. The quantitative estimate of drug-likeness (QED) is 0.881. The largest absolute Gasteiger partial charge is 0.416 e. The molecule has 0 amide bonds. The van der Waals surface area contributed by atoms with E-state index in [0.717, 1.165) is 43.7 Å². The monoisotopic (exact) mass is 301 g/mol. The van der Waals surface area contributed by atoms with Crippen LogP contribution in [0.1, 0.15) is 43.9 Å². The van der Waals surface area contributed by atoms with Gasteiger partial charge in [0.25, 0.3) is 0 Å². The van der Waals surface area contributed by atoms with Gasteiger partial charge in [0.15, 0.2) is 0 Å². The third kappa shape index (κ3) is 3.98. The Morgan fingerprint density at radius 3 is 2.43 bits per heavy atom. The first kappa shape index (κ1) is 16.3. The minimum atomic E-state index is -4.28. The first-order valence-corrected chi connectivity index (χ1v) is 7.45. The molecule has 1 aromatic carbocycles. The van der Waals surface area contributed by atoms with Gasteiger partial charge in [-0.2, -0.15) is 13.2 Å². The normalized spacial score (nSPS) is 24.2. The Bertz CT molecular complexity index is 444. The van der Waals surface area contributed by atoms with E-state index in [2.05, 4.69) is 12.2 Å². The van der Waals surface area contributed by atoms with Gasteiger partial charge < -0.3 is 10.1 Å². The first-order chi connectivity index (χ1) is 9.93. The Morgan fingerprint density at radius 2 is 1.95 bits per heavy atom. The molecule has 0 spiro atoms. The number of benzene rings is 1. The summed E-state index contributed by atoms with van der Waals surface area (Å²) in [4.78, 5) is 0. The fourth-order valence-corrected chi connectivity index (χ4v) is 2.88. The summed E-state index contributed by atoms with van der Waals surface area (Å²) in [5.41, 5.74) is 0.301. The average Bonchev–Trinajstić information content (AvgIpc) is 2.85. The van der Waals surface area contributed by atoms with E-state index in [1.54, 1.807) is 12.1 Å². The Balaban J connectivity index is 2.20. The zero-order valence-corrected chi connectivity index (χ0v) is 12.4. The van der Waals surface area contributed by atoms with Crippen LogP contribution in [0.5, 0.6) is 0 Å². The predicted octanol–water partition coefficient (Wildman–Crippen LogP) is 4.17. The van der Waals surface area contributed by atoms with Crippen molar-refractivity contribution in [2.75, 3.05) is 13.2 Å². The van der Waals surface area contributed by atoms with E-state index < -0.39 is 11.7 Å². The smallest absolute Gasteiger partial charge is 0.378 e. The lowest BCUT2D eigenvalue weighted by molar-refractivity contribution is -0.137. The number of nitrogens with one attached hydrogen (secondary N) is 1. The van der Waals surface area contributed by atoms with Crippen molar-refractivity contribution in [2.45, 2.75) is 45.0 Å².